The van der Waals surface area contributed by atoms with Crippen molar-refractivity contribution in [2.75, 3.05) is 46.3 Å². The highest BCUT2D eigenvalue weighted by molar-refractivity contribution is 5.18. The Hall–Kier alpha value is -1.04. The van der Waals surface area contributed by atoms with Gasteiger partial charge >= 0.3 is 0 Å². The first-order valence-electron chi connectivity index (χ1n) is 6.71. The van der Waals surface area contributed by atoms with E-state index in [2.05, 4.69) is 10.2 Å². The van der Waals surface area contributed by atoms with Crippen LogP contribution in [0.25, 0.3) is 0 Å². The lowest BCUT2D eigenvalue weighted by atomic mass is 10.2. The molecule has 0 atom stereocenters. The third-order valence-corrected chi connectivity index (χ3v) is 3.46. The van der Waals surface area contributed by atoms with Gasteiger partial charge in [-0.1, -0.05) is 0 Å². The van der Waals surface area contributed by atoms with E-state index < -0.39 is 0 Å². The molecular formula is C14H21F2N3. The zero-order valence-corrected chi connectivity index (χ0v) is 11.3. The minimum Gasteiger partial charge on any atom is -0.314 e. The lowest BCUT2D eigenvalue weighted by molar-refractivity contribution is 0.201. The van der Waals surface area contributed by atoms with Gasteiger partial charge in [0.15, 0.2) is 0 Å². The minimum atomic E-state index is -0.382. The summed E-state index contributed by atoms with van der Waals surface area (Å²) in [5.74, 6) is -0.720. The first kappa shape index (κ1) is 14.4. The minimum absolute atomic E-state index is 0.338. The van der Waals surface area contributed by atoms with E-state index in [9.17, 15) is 8.78 Å². The highest BCUT2D eigenvalue weighted by Gasteiger charge is 2.11. The van der Waals surface area contributed by atoms with Crippen molar-refractivity contribution >= 4 is 0 Å². The molecule has 3 nitrogen and oxygen atoms in total. The summed E-state index contributed by atoms with van der Waals surface area (Å²) < 4.78 is 26.6. The molecule has 1 aliphatic heterocycles. The van der Waals surface area contributed by atoms with Crippen LogP contribution < -0.4 is 5.32 Å². The van der Waals surface area contributed by atoms with Gasteiger partial charge in [-0.05, 0) is 25.2 Å². The average molecular weight is 269 g/mol. The van der Waals surface area contributed by atoms with E-state index in [1.165, 1.54) is 12.1 Å². The number of hydrogen-bond donors (Lipinski definition) is 1. The van der Waals surface area contributed by atoms with E-state index in [0.29, 0.717) is 12.1 Å². The summed E-state index contributed by atoms with van der Waals surface area (Å²) in [6.45, 7) is 6.44. The summed E-state index contributed by atoms with van der Waals surface area (Å²) in [4.78, 5) is 4.41. The van der Waals surface area contributed by atoms with Gasteiger partial charge < -0.3 is 10.2 Å². The van der Waals surface area contributed by atoms with E-state index >= 15 is 0 Å². The summed E-state index contributed by atoms with van der Waals surface area (Å²) in [5, 5.41) is 3.31. The number of piperazine rings is 1. The summed E-state index contributed by atoms with van der Waals surface area (Å²) in [5.41, 5.74) is 0.419. The molecule has 1 aliphatic rings. The molecule has 1 fully saturated rings. The van der Waals surface area contributed by atoms with Crippen molar-refractivity contribution < 1.29 is 8.78 Å². The van der Waals surface area contributed by atoms with E-state index in [1.54, 1.807) is 0 Å². The number of likely N-dealkylation sites (N-methyl/N-ethyl adjacent to an activating group) is 1. The predicted molar refractivity (Wildman–Crippen MR) is 72.0 cm³/mol. The van der Waals surface area contributed by atoms with Crippen LogP contribution in [0.3, 0.4) is 0 Å². The lowest BCUT2D eigenvalue weighted by Crippen LogP contribution is -2.45. The van der Waals surface area contributed by atoms with Crippen LogP contribution in [0.5, 0.6) is 0 Å². The second-order valence-electron chi connectivity index (χ2n) is 5.07. The Morgan fingerprint density at radius 2 is 2.00 bits per heavy atom. The van der Waals surface area contributed by atoms with E-state index in [-0.39, 0.29) is 11.6 Å². The van der Waals surface area contributed by atoms with Gasteiger partial charge in [-0.25, -0.2) is 8.78 Å². The molecule has 1 heterocycles. The smallest absolute Gasteiger partial charge is 0.127 e. The molecule has 5 heteroatoms. The molecule has 0 spiro atoms. The van der Waals surface area contributed by atoms with Crippen molar-refractivity contribution in [1.29, 1.82) is 0 Å². The van der Waals surface area contributed by atoms with Crippen LogP contribution in [0.2, 0.25) is 0 Å². The first-order valence-corrected chi connectivity index (χ1v) is 6.71. The highest BCUT2D eigenvalue weighted by Crippen LogP contribution is 2.11. The summed E-state index contributed by atoms with van der Waals surface area (Å²) in [7, 11) is 1.94. The van der Waals surface area contributed by atoms with Gasteiger partial charge in [-0.2, -0.15) is 0 Å². The van der Waals surface area contributed by atoms with Crippen LogP contribution in [0.4, 0.5) is 8.78 Å². The standard InChI is InChI=1S/C14H21F2N3/c1-18(8-9-19-6-4-17-5-7-19)11-12-10-13(15)2-3-14(12)16/h2-3,10,17H,4-9,11H2,1H3. The third kappa shape index (κ3) is 4.53. The first-order chi connectivity index (χ1) is 9.15. The molecular weight excluding hydrogens is 248 g/mol. The van der Waals surface area contributed by atoms with Crippen LogP contribution in [0.1, 0.15) is 5.56 Å². The Kier molecular flexibility index (Phi) is 5.24. The summed E-state index contributed by atoms with van der Waals surface area (Å²) in [6.07, 6.45) is 0. The molecule has 1 saturated heterocycles. The van der Waals surface area contributed by atoms with Crippen molar-refractivity contribution in [1.82, 2.24) is 15.1 Å². The Morgan fingerprint density at radius 1 is 1.26 bits per heavy atom. The third-order valence-electron chi connectivity index (χ3n) is 3.46. The van der Waals surface area contributed by atoms with Crippen LogP contribution >= 0.6 is 0 Å². The fourth-order valence-corrected chi connectivity index (χ4v) is 2.28. The number of nitrogens with one attached hydrogen (secondary N) is 1. The molecule has 0 saturated carbocycles. The largest absolute Gasteiger partial charge is 0.314 e. The Labute approximate surface area is 113 Å². The molecule has 0 aromatic heterocycles. The van der Waals surface area contributed by atoms with Gasteiger partial charge in [0.1, 0.15) is 11.6 Å². The van der Waals surface area contributed by atoms with E-state index in [4.69, 9.17) is 0 Å². The fraction of sp³-hybridized carbons (Fsp3) is 0.571. The van der Waals surface area contributed by atoms with Crippen molar-refractivity contribution in [3.63, 3.8) is 0 Å². The molecule has 1 N–H and O–H groups in total. The Balaban J connectivity index is 1.80. The van der Waals surface area contributed by atoms with Gasteiger partial charge in [0.05, 0.1) is 0 Å². The Bertz CT molecular complexity index is 406. The molecule has 0 radical (unpaired) electrons. The number of nitrogens with zero attached hydrogens (tertiary/aromatic N) is 2. The van der Waals surface area contributed by atoms with Gasteiger partial charge in [-0.15, -0.1) is 0 Å². The number of rotatable bonds is 5. The van der Waals surface area contributed by atoms with Gasteiger partial charge in [0, 0.05) is 51.4 Å². The maximum Gasteiger partial charge on any atom is 0.127 e. The zero-order chi connectivity index (χ0) is 13.7. The molecule has 2 rings (SSSR count). The van der Waals surface area contributed by atoms with Crippen LogP contribution in [0.15, 0.2) is 18.2 Å². The molecule has 1 aromatic rings. The van der Waals surface area contributed by atoms with Crippen LogP contribution in [0, 0.1) is 11.6 Å². The molecule has 0 unspecified atom stereocenters. The molecule has 0 amide bonds. The van der Waals surface area contributed by atoms with Crippen molar-refractivity contribution in [3.8, 4) is 0 Å². The maximum atomic E-state index is 13.5. The molecule has 19 heavy (non-hydrogen) atoms. The maximum absolute atomic E-state index is 13.5. The average Bonchev–Trinajstić information content (AvgIpc) is 2.42. The number of benzene rings is 1. The Morgan fingerprint density at radius 3 is 2.74 bits per heavy atom. The zero-order valence-electron chi connectivity index (χ0n) is 11.3. The second-order valence-corrected chi connectivity index (χ2v) is 5.07. The SMILES string of the molecule is CN(CCN1CCNCC1)Cc1cc(F)ccc1F. The van der Waals surface area contributed by atoms with Crippen molar-refractivity contribution in [3.05, 3.63) is 35.4 Å². The molecule has 0 aliphatic carbocycles. The monoisotopic (exact) mass is 269 g/mol. The second kappa shape index (κ2) is 6.93. The molecule has 1 aromatic carbocycles. The predicted octanol–water partition coefficient (Wildman–Crippen LogP) is 1.30. The van der Waals surface area contributed by atoms with Crippen LogP contribution in [-0.4, -0.2) is 56.1 Å². The van der Waals surface area contributed by atoms with Crippen molar-refractivity contribution in [2.24, 2.45) is 0 Å². The number of hydrogen-bond acceptors (Lipinski definition) is 3. The highest BCUT2D eigenvalue weighted by atomic mass is 19.1. The lowest BCUT2D eigenvalue weighted by Gasteiger charge is -2.29. The van der Waals surface area contributed by atoms with Gasteiger partial charge in [-0.3, -0.25) is 4.90 Å². The van der Waals surface area contributed by atoms with Crippen molar-refractivity contribution in [2.45, 2.75) is 6.54 Å². The van der Waals surface area contributed by atoms with Gasteiger partial charge in [0.25, 0.3) is 0 Å². The van der Waals surface area contributed by atoms with Crippen LogP contribution in [-0.2, 0) is 6.54 Å². The molecule has 0 bridgehead atoms. The normalized spacial score (nSPS) is 17.1. The number of halogens is 2. The van der Waals surface area contributed by atoms with E-state index in [0.717, 1.165) is 45.3 Å². The fourth-order valence-electron chi connectivity index (χ4n) is 2.28. The summed E-state index contributed by atoms with van der Waals surface area (Å²) >= 11 is 0. The molecule has 106 valence electrons. The quantitative estimate of drug-likeness (QED) is 0.869. The topological polar surface area (TPSA) is 18.5 Å². The summed E-state index contributed by atoms with van der Waals surface area (Å²) in [6, 6.07) is 3.62. The van der Waals surface area contributed by atoms with E-state index in [1.807, 2.05) is 11.9 Å². The van der Waals surface area contributed by atoms with Gasteiger partial charge in [0.2, 0.25) is 0 Å².